The van der Waals surface area contributed by atoms with Gasteiger partial charge in [0.2, 0.25) is 0 Å². The molecule has 3 heteroatoms. The predicted molar refractivity (Wildman–Crippen MR) is 237 cm³/mol. The van der Waals surface area contributed by atoms with Crippen molar-refractivity contribution in [3.05, 3.63) is 206 Å². The lowest BCUT2D eigenvalue weighted by Gasteiger charge is -2.28. The van der Waals surface area contributed by atoms with Gasteiger partial charge >= 0.3 is 0 Å². The Kier molecular flexibility index (Phi) is 7.39. The molecule has 0 fully saturated rings. The molecule has 0 aliphatic heterocycles. The number of aromatic nitrogens is 1. The second-order valence-corrected chi connectivity index (χ2v) is 15.2. The molecular formula is C52H34N2S. The summed E-state index contributed by atoms with van der Waals surface area (Å²) in [4.78, 5) is 2.42. The molecule has 2 aromatic heterocycles. The highest BCUT2D eigenvalue weighted by Gasteiger charge is 2.20. The zero-order valence-electron chi connectivity index (χ0n) is 29.9. The molecule has 0 bridgehead atoms. The van der Waals surface area contributed by atoms with E-state index < -0.39 is 0 Å². The van der Waals surface area contributed by atoms with E-state index in [0.717, 1.165) is 22.7 Å². The van der Waals surface area contributed by atoms with Crippen LogP contribution in [0.3, 0.4) is 0 Å². The lowest BCUT2D eigenvalue weighted by molar-refractivity contribution is 1.17. The maximum atomic E-state index is 2.42. The number of rotatable bonds is 6. The zero-order chi connectivity index (χ0) is 36.3. The molecule has 0 spiro atoms. The van der Waals surface area contributed by atoms with Crippen molar-refractivity contribution in [3.63, 3.8) is 0 Å². The second-order valence-electron chi connectivity index (χ2n) is 14.2. The highest BCUT2D eigenvalue weighted by Crippen LogP contribution is 2.44. The van der Waals surface area contributed by atoms with Crippen molar-refractivity contribution in [1.82, 2.24) is 4.57 Å². The molecule has 0 amide bonds. The summed E-state index contributed by atoms with van der Waals surface area (Å²) in [6.45, 7) is 0. The quantitative estimate of drug-likeness (QED) is 0.166. The number of nitrogens with zero attached hydrogens (tertiary/aromatic N) is 2. The Morgan fingerprint density at radius 1 is 0.364 bits per heavy atom. The molecule has 258 valence electrons. The van der Waals surface area contributed by atoms with Gasteiger partial charge in [-0.2, -0.15) is 0 Å². The molecule has 55 heavy (non-hydrogen) atoms. The van der Waals surface area contributed by atoms with Gasteiger partial charge in [0.05, 0.1) is 16.7 Å². The molecule has 0 aliphatic carbocycles. The minimum absolute atomic E-state index is 1.09. The van der Waals surface area contributed by atoms with E-state index in [1.165, 1.54) is 75.0 Å². The molecule has 2 heterocycles. The standard InChI is InChI=1S/C52H34N2S/c1-2-13-37-32-38(25-24-35(37)12-1)36-26-29-40(30-27-36)53(41-14-11-15-42(34-41)54-49-21-8-4-17-44(49)45-18-5-9-22-50(45)54)48-20-7-3-16-43(48)39-28-31-47-46-19-6-10-23-51(46)55-52(47)33-39/h1-34H. The van der Waals surface area contributed by atoms with Gasteiger partial charge in [0, 0.05) is 53.6 Å². The smallest absolute Gasteiger partial charge is 0.0541 e. The molecule has 0 radical (unpaired) electrons. The molecule has 0 saturated carbocycles. The third-order valence-corrected chi connectivity index (χ3v) is 12.1. The minimum Gasteiger partial charge on any atom is -0.310 e. The summed E-state index contributed by atoms with van der Waals surface area (Å²) in [5, 5.41) is 7.64. The summed E-state index contributed by atoms with van der Waals surface area (Å²) in [7, 11) is 0. The molecule has 0 aliphatic rings. The van der Waals surface area contributed by atoms with Gasteiger partial charge < -0.3 is 9.47 Å². The molecule has 0 atom stereocenters. The second kappa shape index (κ2) is 12.9. The van der Waals surface area contributed by atoms with Crippen LogP contribution in [-0.4, -0.2) is 4.57 Å². The van der Waals surface area contributed by atoms with Crippen LogP contribution >= 0.6 is 11.3 Å². The summed E-state index contributed by atoms with van der Waals surface area (Å²) < 4.78 is 5.02. The van der Waals surface area contributed by atoms with E-state index in [0.29, 0.717) is 0 Å². The number of para-hydroxylation sites is 3. The van der Waals surface area contributed by atoms with Crippen LogP contribution in [0.15, 0.2) is 206 Å². The monoisotopic (exact) mass is 718 g/mol. The number of anilines is 3. The molecule has 0 unspecified atom stereocenters. The molecule has 0 N–H and O–H groups in total. The van der Waals surface area contributed by atoms with E-state index in [1.807, 2.05) is 11.3 Å². The Hall–Kier alpha value is -6.94. The zero-order valence-corrected chi connectivity index (χ0v) is 30.7. The third-order valence-electron chi connectivity index (χ3n) is 11.0. The van der Waals surface area contributed by atoms with E-state index in [9.17, 15) is 0 Å². The first kappa shape index (κ1) is 31.6. The fourth-order valence-corrected chi connectivity index (χ4v) is 9.52. The number of hydrogen-bond donors (Lipinski definition) is 0. The first-order chi connectivity index (χ1) is 27.3. The van der Waals surface area contributed by atoms with Crippen LogP contribution in [0, 0.1) is 0 Å². The van der Waals surface area contributed by atoms with Crippen LogP contribution in [-0.2, 0) is 0 Å². The molecule has 9 aromatic carbocycles. The van der Waals surface area contributed by atoms with Gasteiger partial charge in [-0.3, -0.25) is 0 Å². The van der Waals surface area contributed by atoms with E-state index in [-0.39, 0.29) is 0 Å². The molecule has 0 saturated heterocycles. The van der Waals surface area contributed by atoms with Gasteiger partial charge in [-0.15, -0.1) is 11.3 Å². The average Bonchev–Trinajstić information content (AvgIpc) is 3.80. The summed E-state index contributed by atoms with van der Waals surface area (Å²) in [6.07, 6.45) is 0. The van der Waals surface area contributed by atoms with Crippen molar-refractivity contribution < 1.29 is 0 Å². The van der Waals surface area contributed by atoms with Crippen LogP contribution in [0.4, 0.5) is 17.1 Å². The van der Waals surface area contributed by atoms with Crippen LogP contribution in [0.5, 0.6) is 0 Å². The fraction of sp³-hybridized carbons (Fsp3) is 0. The number of fused-ring (bicyclic) bond motifs is 7. The van der Waals surface area contributed by atoms with E-state index in [2.05, 4.69) is 216 Å². The Balaban J connectivity index is 1.09. The molecule has 2 nitrogen and oxygen atoms in total. The van der Waals surface area contributed by atoms with Crippen LogP contribution in [0.25, 0.3) is 80.7 Å². The lowest BCUT2D eigenvalue weighted by Crippen LogP contribution is -2.11. The van der Waals surface area contributed by atoms with E-state index in [4.69, 9.17) is 0 Å². The predicted octanol–water partition coefficient (Wildman–Crippen LogP) is 15.1. The normalized spacial score (nSPS) is 11.6. The number of thiophene rings is 1. The number of hydrogen-bond acceptors (Lipinski definition) is 2. The van der Waals surface area contributed by atoms with Gasteiger partial charge in [-0.1, -0.05) is 140 Å². The topological polar surface area (TPSA) is 8.17 Å². The summed E-state index contributed by atoms with van der Waals surface area (Å²) in [5.41, 5.74) is 11.6. The van der Waals surface area contributed by atoms with Crippen LogP contribution in [0.2, 0.25) is 0 Å². The van der Waals surface area contributed by atoms with Crippen LogP contribution < -0.4 is 4.90 Å². The van der Waals surface area contributed by atoms with Crippen molar-refractivity contribution in [2.45, 2.75) is 0 Å². The Morgan fingerprint density at radius 2 is 1.00 bits per heavy atom. The SMILES string of the molecule is c1cc(N(c2ccc(-c3ccc4ccccc4c3)cc2)c2ccccc2-c2ccc3c(c2)sc2ccccc23)cc(-n2c3ccccc3c3ccccc32)c1. The largest absolute Gasteiger partial charge is 0.310 e. The fourth-order valence-electron chi connectivity index (χ4n) is 8.38. The Labute approximate surface area is 323 Å². The van der Waals surface area contributed by atoms with Crippen LogP contribution in [0.1, 0.15) is 0 Å². The summed E-state index contributed by atoms with van der Waals surface area (Å²) in [6, 6.07) is 75.3. The lowest BCUT2D eigenvalue weighted by atomic mass is 9.99. The van der Waals surface area contributed by atoms with Crippen molar-refractivity contribution in [3.8, 4) is 27.9 Å². The molecule has 11 aromatic rings. The van der Waals surface area contributed by atoms with Gasteiger partial charge in [-0.25, -0.2) is 0 Å². The number of benzene rings is 9. The van der Waals surface area contributed by atoms with Gasteiger partial charge in [0.25, 0.3) is 0 Å². The van der Waals surface area contributed by atoms with E-state index >= 15 is 0 Å². The van der Waals surface area contributed by atoms with Crippen molar-refractivity contribution >= 4 is 81.1 Å². The first-order valence-electron chi connectivity index (χ1n) is 18.8. The molecule has 11 rings (SSSR count). The maximum absolute atomic E-state index is 2.42. The minimum atomic E-state index is 1.09. The average molecular weight is 719 g/mol. The van der Waals surface area contributed by atoms with E-state index in [1.54, 1.807) is 0 Å². The highest BCUT2D eigenvalue weighted by atomic mass is 32.1. The maximum Gasteiger partial charge on any atom is 0.0541 e. The summed E-state index contributed by atoms with van der Waals surface area (Å²) >= 11 is 1.86. The van der Waals surface area contributed by atoms with Gasteiger partial charge in [-0.05, 0) is 94.2 Å². The first-order valence-corrected chi connectivity index (χ1v) is 19.6. The summed E-state index contributed by atoms with van der Waals surface area (Å²) in [5.74, 6) is 0. The van der Waals surface area contributed by atoms with Crippen molar-refractivity contribution in [2.24, 2.45) is 0 Å². The van der Waals surface area contributed by atoms with Crippen molar-refractivity contribution in [2.75, 3.05) is 4.90 Å². The Bertz CT molecular complexity index is 3170. The highest BCUT2D eigenvalue weighted by molar-refractivity contribution is 7.25. The van der Waals surface area contributed by atoms with Crippen molar-refractivity contribution in [1.29, 1.82) is 0 Å². The van der Waals surface area contributed by atoms with Gasteiger partial charge in [0.15, 0.2) is 0 Å². The molecular weight excluding hydrogens is 685 g/mol. The third kappa shape index (κ3) is 5.32. The Morgan fingerprint density at radius 3 is 1.82 bits per heavy atom. The van der Waals surface area contributed by atoms with Gasteiger partial charge in [0.1, 0.15) is 0 Å².